The van der Waals surface area contributed by atoms with Crippen molar-refractivity contribution in [2.45, 2.75) is 0 Å². The van der Waals surface area contributed by atoms with Crippen LogP contribution in [0.3, 0.4) is 0 Å². The molecule has 0 N–H and O–H groups in total. The van der Waals surface area contributed by atoms with Crippen molar-refractivity contribution in [1.29, 1.82) is 0 Å². The molecule has 0 bridgehead atoms. The summed E-state index contributed by atoms with van der Waals surface area (Å²) < 4.78 is 10.1. The quantitative estimate of drug-likeness (QED) is 0.179. The van der Waals surface area contributed by atoms with Gasteiger partial charge >= 0.3 is 0 Å². The summed E-state index contributed by atoms with van der Waals surface area (Å²) in [6.45, 7) is 0. The molecule has 11 aromatic rings. The van der Waals surface area contributed by atoms with Gasteiger partial charge in [0.2, 0.25) is 0 Å². The van der Waals surface area contributed by atoms with E-state index in [1.807, 2.05) is 23.5 Å². The van der Waals surface area contributed by atoms with Crippen LogP contribution in [0.1, 0.15) is 0 Å². The zero-order valence-corrected chi connectivity index (χ0v) is 29.4. The van der Waals surface area contributed by atoms with E-state index in [0.717, 1.165) is 55.1 Å². The predicted molar refractivity (Wildman–Crippen MR) is 223 cm³/mol. The molecule has 3 nitrogen and oxygen atoms in total. The Kier molecular flexibility index (Phi) is 6.59. The monoisotopic (exact) mass is 700 g/mol. The van der Waals surface area contributed by atoms with Gasteiger partial charge in [0.05, 0.1) is 21.3 Å². The van der Waals surface area contributed by atoms with Crippen LogP contribution in [-0.2, 0) is 0 Å². The first kappa shape index (κ1) is 29.5. The van der Waals surface area contributed by atoms with Crippen LogP contribution in [0.4, 0.5) is 17.1 Å². The van der Waals surface area contributed by atoms with Gasteiger partial charge in [-0.05, 0) is 76.5 Å². The number of thiophene rings is 1. The van der Waals surface area contributed by atoms with Gasteiger partial charge in [-0.1, -0.05) is 115 Å². The molecule has 0 saturated carbocycles. The van der Waals surface area contributed by atoms with Crippen LogP contribution >= 0.6 is 22.7 Å². The van der Waals surface area contributed by atoms with E-state index in [0.29, 0.717) is 0 Å². The van der Waals surface area contributed by atoms with Gasteiger partial charge in [-0.2, -0.15) is 0 Å². The molecule has 5 heteroatoms. The number of para-hydroxylation sites is 1. The number of fused-ring (bicyclic) bond motifs is 9. The summed E-state index contributed by atoms with van der Waals surface area (Å²) in [6.07, 6.45) is 0. The largest absolute Gasteiger partial charge is 0.456 e. The number of hydrogen-bond acceptors (Lipinski definition) is 5. The fourth-order valence-electron chi connectivity index (χ4n) is 7.72. The van der Waals surface area contributed by atoms with Crippen LogP contribution in [-0.4, -0.2) is 4.98 Å². The zero-order chi connectivity index (χ0) is 34.2. The molecule has 3 aromatic heterocycles. The van der Waals surface area contributed by atoms with Crippen molar-refractivity contribution in [2.75, 3.05) is 4.90 Å². The van der Waals surface area contributed by atoms with Gasteiger partial charge in [-0.3, -0.25) is 0 Å². The molecule has 0 aliphatic heterocycles. The summed E-state index contributed by atoms with van der Waals surface area (Å²) in [5, 5.41) is 8.22. The molecule has 0 spiro atoms. The van der Waals surface area contributed by atoms with E-state index < -0.39 is 0 Å². The van der Waals surface area contributed by atoms with Crippen LogP contribution < -0.4 is 4.90 Å². The Bertz CT molecular complexity index is 3130. The molecule has 0 saturated heterocycles. The van der Waals surface area contributed by atoms with Gasteiger partial charge < -0.3 is 9.32 Å². The van der Waals surface area contributed by atoms with Gasteiger partial charge in [-0.25, -0.2) is 4.98 Å². The summed E-state index contributed by atoms with van der Waals surface area (Å²) in [7, 11) is 0. The minimum atomic E-state index is 0.874. The minimum absolute atomic E-state index is 0.874. The molecule has 0 aliphatic carbocycles. The molecule has 0 fully saturated rings. The second-order valence-corrected chi connectivity index (χ2v) is 15.2. The molecule has 3 heterocycles. The Hall–Kier alpha value is -6.27. The fourth-order valence-corrected chi connectivity index (χ4v) is 9.84. The van der Waals surface area contributed by atoms with Gasteiger partial charge in [0.1, 0.15) is 16.2 Å². The van der Waals surface area contributed by atoms with Crippen LogP contribution in [0, 0.1) is 0 Å². The molecule has 0 amide bonds. The maximum atomic E-state index is 6.39. The van der Waals surface area contributed by atoms with Crippen molar-refractivity contribution in [1.82, 2.24) is 4.98 Å². The molecule has 0 unspecified atom stereocenters. The third-order valence-corrected chi connectivity index (χ3v) is 12.3. The minimum Gasteiger partial charge on any atom is -0.456 e. The average Bonchev–Trinajstić information content (AvgIpc) is 3.92. The number of furan rings is 1. The number of hydrogen-bond donors (Lipinski definition) is 0. The van der Waals surface area contributed by atoms with E-state index in [-0.39, 0.29) is 0 Å². The van der Waals surface area contributed by atoms with E-state index in [4.69, 9.17) is 9.40 Å². The number of rotatable bonds is 5. The molecule has 244 valence electrons. The Balaban J connectivity index is 1.10. The number of nitrogens with zero attached hydrogens (tertiary/aromatic N) is 2. The van der Waals surface area contributed by atoms with Crippen LogP contribution in [0.15, 0.2) is 174 Å². The highest BCUT2D eigenvalue weighted by molar-refractivity contribution is 7.26. The van der Waals surface area contributed by atoms with E-state index >= 15 is 0 Å². The van der Waals surface area contributed by atoms with Crippen molar-refractivity contribution in [3.63, 3.8) is 0 Å². The van der Waals surface area contributed by atoms with Gasteiger partial charge in [0, 0.05) is 42.5 Å². The summed E-state index contributed by atoms with van der Waals surface area (Å²) in [4.78, 5) is 7.58. The van der Waals surface area contributed by atoms with Crippen LogP contribution in [0.2, 0.25) is 0 Å². The molecule has 0 radical (unpaired) electrons. The van der Waals surface area contributed by atoms with Crippen molar-refractivity contribution >= 4 is 103 Å². The summed E-state index contributed by atoms with van der Waals surface area (Å²) in [6, 6.07) is 60.7. The SMILES string of the molecule is c1ccc(-c2nc3c(ccc4sc5cc(N(c6ccc(-c7cccc8ccccc78)cc6)c6cccc7oc8ccccc8c67)ccc5c43)s2)cc1. The summed E-state index contributed by atoms with van der Waals surface area (Å²) in [5.41, 5.74) is 9.67. The number of aromatic nitrogens is 1. The molecule has 0 aliphatic rings. The first-order chi connectivity index (χ1) is 25.8. The highest BCUT2D eigenvalue weighted by atomic mass is 32.1. The first-order valence-electron chi connectivity index (χ1n) is 17.4. The highest BCUT2D eigenvalue weighted by Crippen LogP contribution is 2.47. The van der Waals surface area contributed by atoms with Crippen LogP contribution in [0.5, 0.6) is 0 Å². The van der Waals surface area contributed by atoms with Crippen molar-refractivity contribution in [3.8, 4) is 21.7 Å². The molecule has 11 rings (SSSR count). The van der Waals surface area contributed by atoms with Crippen molar-refractivity contribution < 1.29 is 4.42 Å². The molecule has 0 atom stereocenters. The first-order valence-corrected chi connectivity index (χ1v) is 19.0. The molecular weight excluding hydrogens is 673 g/mol. The van der Waals surface area contributed by atoms with E-state index in [9.17, 15) is 0 Å². The lowest BCUT2D eigenvalue weighted by molar-refractivity contribution is 0.669. The lowest BCUT2D eigenvalue weighted by Crippen LogP contribution is -2.10. The standard InChI is InChI=1S/C47H28N2OS2/c1-2-11-31(12-3-1)47-48-46-42(52-47)27-26-41-45(46)37-25-24-33(28-43(37)51-41)49(38-17-9-19-40-44(38)36-15-6-7-18-39(36)50-40)32-22-20-30(21-23-32)35-16-8-13-29-10-4-5-14-34(29)35/h1-28H. The lowest BCUT2D eigenvalue weighted by atomic mass is 9.98. The molecule has 8 aromatic carbocycles. The average molecular weight is 701 g/mol. The van der Waals surface area contributed by atoms with E-state index in [2.05, 4.69) is 163 Å². The molecule has 52 heavy (non-hydrogen) atoms. The third kappa shape index (κ3) is 4.60. The number of thiazole rings is 1. The Morgan fingerprint density at radius 1 is 0.462 bits per heavy atom. The lowest BCUT2D eigenvalue weighted by Gasteiger charge is -2.26. The summed E-state index contributed by atoms with van der Waals surface area (Å²) >= 11 is 3.59. The van der Waals surface area contributed by atoms with E-state index in [1.165, 1.54) is 46.8 Å². The summed E-state index contributed by atoms with van der Waals surface area (Å²) in [5.74, 6) is 0. The van der Waals surface area contributed by atoms with E-state index in [1.54, 1.807) is 11.3 Å². The topological polar surface area (TPSA) is 29.3 Å². The Morgan fingerprint density at radius 2 is 1.19 bits per heavy atom. The third-order valence-electron chi connectivity index (χ3n) is 10.1. The van der Waals surface area contributed by atoms with Crippen molar-refractivity contribution in [3.05, 3.63) is 170 Å². The normalized spacial score (nSPS) is 11.8. The maximum Gasteiger partial charge on any atom is 0.137 e. The highest BCUT2D eigenvalue weighted by Gasteiger charge is 2.21. The Labute approximate surface area is 307 Å². The number of benzene rings is 8. The maximum absolute atomic E-state index is 6.39. The van der Waals surface area contributed by atoms with Crippen LogP contribution in [0.25, 0.3) is 84.8 Å². The Morgan fingerprint density at radius 3 is 2.10 bits per heavy atom. The zero-order valence-electron chi connectivity index (χ0n) is 27.8. The second kappa shape index (κ2) is 11.6. The van der Waals surface area contributed by atoms with Gasteiger partial charge in [0.25, 0.3) is 0 Å². The van der Waals surface area contributed by atoms with Gasteiger partial charge in [-0.15, -0.1) is 22.7 Å². The molecular formula is C47H28N2OS2. The van der Waals surface area contributed by atoms with Crippen molar-refractivity contribution in [2.24, 2.45) is 0 Å². The number of anilines is 3. The smallest absolute Gasteiger partial charge is 0.137 e. The second-order valence-electron chi connectivity index (χ2n) is 13.1. The van der Waals surface area contributed by atoms with Gasteiger partial charge in [0.15, 0.2) is 0 Å². The fraction of sp³-hybridized carbons (Fsp3) is 0. The predicted octanol–water partition coefficient (Wildman–Crippen LogP) is 14.5.